The van der Waals surface area contributed by atoms with Crippen molar-refractivity contribution in [2.24, 2.45) is 0 Å². The molecule has 1 atom stereocenters. The lowest BCUT2D eigenvalue weighted by Crippen LogP contribution is -2.35. The van der Waals surface area contributed by atoms with E-state index < -0.39 is 23.8 Å². The third-order valence-corrected chi connectivity index (χ3v) is 8.45. The summed E-state index contributed by atoms with van der Waals surface area (Å²) in [4.78, 5) is 24.8. The molecule has 0 unspecified atom stereocenters. The van der Waals surface area contributed by atoms with Gasteiger partial charge in [-0.2, -0.15) is 18.2 Å². The average Bonchev–Trinajstić information content (AvgIpc) is 3.52. The first-order valence-electron chi connectivity index (χ1n) is 13.6. The fourth-order valence-electron chi connectivity index (χ4n) is 5.18. The number of alkyl halides is 3. The van der Waals surface area contributed by atoms with Crippen LogP contribution in [0.4, 0.5) is 24.9 Å². The molecule has 2 N–H and O–H groups in total. The Morgan fingerprint density at radius 1 is 1.05 bits per heavy atom. The largest absolute Gasteiger partial charge is 0.480 e. The van der Waals surface area contributed by atoms with Crippen molar-refractivity contribution in [2.75, 3.05) is 17.3 Å². The third-order valence-electron chi connectivity index (χ3n) is 7.55. The van der Waals surface area contributed by atoms with Crippen LogP contribution in [0.2, 0.25) is 0 Å². The van der Waals surface area contributed by atoms with Gasteiger partial charge in [-0.15, -0.1) is 11.3 Å². The molecule has 214 valence electrons. The summed E-state index contributed by atoms with van der Waals surface area (Å²) < 4.78 is 38.7. The molecule has 6 nitrogen and oxygen atoms in total. The van der Waals surface area contributed by atoms with Crippen LogP contribution >= 0.6 is 11.3 Å². The Bertz CT molecular complexity index is 1450. The van der Waals surface area contributed by atoms with E-state index in [1.165, 1.54) is 42.7 Å². The minimum Gasteiger partial charge on any atom is -0.480 e. The number of hydrogen-bond acceptors (Lipinski definition) is 6. The summed E-state index contributed by atoms with van der Waals surface area (Å²) in [6, 6.07) is 15.4. The van der Waals surface area contributed by atoms with Crippen molar-refractivity contribution in [3.05, 3.63) is 83.4 Å². The van der Waals surface area contributed by atoms with Gasteiger partial charge in [0, 0.05) is 30.6 Å². The highest BCUT2D eigenvalue weighted by Crippen LogP contribution is 2.34. The van der Waals surface area contributed by atoms with Gasteiger partial charge in [-0.05, 0) is 53.1 Å². The summed E-state index contributed by atoms with van der Waals surface area (Å²) in [6.45, 7) is 0. The van der Waals surface area contributed by atoms with Crippen LogP contribution in [0.1, 0.15) is 43.2 Å². The van der Waals surface area contributed by atoms with Gasteiger partial charge in [0.1, 0.15) is 11.9 Å². The Kier molecular flexibility index (Phi) is 8.58. The molecule has 0 saturated heterocycles. The van der Waals surface area contributed by atoms with Gasteiger partial charge < -0.3 is 15.3 Å². The third kappa shape index (κ3) is 6.87. The SMILES string of the molecule is CN(c1ncc(-c2cccs2)c(N[C@@H](Cc2ccc(-c3ccc(C(F)(F)F)cc3)cc2)C(=O)O)n1)C1CCCCC1. The van der Waals surface area contributed by atoms with E-state index in [2.05, 4.69) is 15.2 Å². The summed E-state index contributed by atoms with van der Waals surface area (Å²) in [5.74, 6) is 0.00775. The Balaban J connectivity index is 1.36. The fourth-order valence-corrected chi connectivity index (χ4v) is 5.92. The lowest BCUT2D eigenvalue weighted by molar-refractivity contribution is -0.138. The van der Waals surface area contributed by atoms with Gasteiger partial charge in [-0.3, -0.25) is 0 Å². The zero-order chi connectivity index (χ0) is 29.0. The Morgan fingerprint density at radius 2 is 1.71 bits per heavy atom. The molecule has 0 amide bonds. The number of rotatable bonds is 9. The second kappa shape index (κ2) is 12.3. The van der Waals surface area contributed by atoms with Gasteiger partial charge in [-0.1, -0.05) is 61.7 Å². The molecule has 10 heteroatoms. The minimum atomic E-state index is -4.39. The number of hydrogen-bond donors (Lipinski definition) is 2. The Hall–Kier alpha value is -3.92. The smallest absolute Gasteiger partial charge is 0.416 e. The maximum atomic E-state index is 12.9. The number of benzene rings is 2. The molecule has 1 aliphatic carbocycles. The van der Waals surface area contributed by atoms with Crippen LogP contribution in [0, 0.1) is 0 Å². The van der Waals surface area contributed by atoms with Crippen LogP contribution in [0.25, 0.3) is 21.6 Å². The van der Waals surface area contributed by atoms with Crippen molar-refractivity contribution in [3.63, 3.8) is 0 Å². The molecule has 0 bridgehead atoms. The van der Waals surface area contributed by atoms with Crippen molar-refractivity contribution >= 4 is 29.1 Å². The van der Waals surface area contributed by atoms with Crippen LogP contribution in [0.3, 0.4) is 0 Å². The Labute approximate surface area is 240 Å². The lowest BCUT2D eigenvalue weighted by atomic mass is 9.95. The Morgan fingerprint density at radius 3 is 2.29 bits per heavy atom. The molecule has 2 aromatic heterocycles. The zero-order valence-corrected chi connectivity index (χ0v) is 23.4. The van der Waals surface area contributed by atoms with Crippen LogP contribution in [0.5, 0.6) is 0 Å². The van der Waals surface area contributed by atoms with Crippen molar-refractivity contribution in [1.82, 2.24) is 9.97 Å². The maximum Gasteiger partial charge on any atom is 0.416 e. The molecule has 0 aliphatic heterocycles. The van der Waals surface area contributed by atoms with Crippen LogP contribution in [-0.2, 0) is 17.4 Å². The minimum absolute atomic E-state index is 0.185. The molecular weight excluding hydrogens is 549 g/mol. The number of carboxylic acids is 1. The van der Waals surface area contributed by atoms with E-state index in [1.807, 2.05) is 24.6 Å². The van der Waals surface area contributed by atoms with E-state index in [0.717, 1.165) is 46.5 Å². The molecule has 4 aromatic rings. The molecule has 5 rings (SSSR count). The lowest BCUT2D eigenvalue weighted by Gasteiger charge is -2.31. The number of aliphatic carboxylic acids is 1. The molecule has 2 heterocycles. The van der Waals surface area contributed by atoms with E-state index >= 15 is 0 Å². The standard InChI is InChI=1S/C31H31F3N4O2S/c1-38(24-6-3-2-4-7-24)30-35-19-25(27-8-5-17-41-27)28(37-30)36-26(29(39)40)18-20-9-11-21(12-10-20)22-13-15-23(16-14-22)31(32,33)34/h5,8-17,19,24,26H,2-4,6-7,18H2,1H3,(H,39,40)(H,35,36,37)/t26-/m0/s1. The highest BCUT2D eigenvalue weighted by molar-refractivity contribution is 7.13. The summed E-state index contributed by atoms with van der Waals surface area (Å²) >= 11 is 1.53. The maximum absolute atomic E-state index is 12.9. The number of carbonyl (C=O) groups is 1. The van der Waals surface area contributed by atoms with E-state index in [9.17, 15) is 23.1 Å². The number of anilines is 2. The predicted octanol–water partition coefficient (Wildman–Crippen LogP) is 7.77. The van der Waals surface area contributed by atoms with Gasteiger partial charge in [0.05, 0.1) is 11.1 Å². The molecule has 0 radical (unpaired) electrons. The van der Waals surface area contributed by atoms with Gasteiger partial charge in [0.2, 0.25) is 5.95 Å². The van der Waals surface area contributed by atoms with E-state index in [4.69, 9.17) is 4.98 Å². The van der Waals surface area contributed by atoms with Crippen LogP contribution in [-0.4, -0.2) is 40.2 Å². The normalized spacial score (nSPS) is 14.9. The summed E-state index contributed by atoms with van der Waals surface area (Å²) in [7, 11) is 1.99. The number of carboxylic acid groups (broad SMARTS) is 1. The topological polar surface area (TPSA) is 78.4 Å². The van der Waals surface area contributed by atoms with Gasteiger partial charge >= 0.3 is 12.1 Å². The number of nitrogens with one attached hydrogen (secondary N) is 1. The summed E-state index contributed by atoms with van der Waals surface area (Å²) in [5, 5.41) is 15.2. The molecule has 41 heavy (non-hydrogen) atoms. The second-order valence-corrected chi connectivity index (χ2v) is 11.3. The van der Waals surface area contributed by atoms with Crippen molar-refractivity contribution in [1.29, 1.82) is 0 Å². The van der Waals surface area contributed by atoms with Crippen LogP contribution in [0.15, 0.2) is 72.2 Å². The first kappa shape index (κ1) is 28.6. The first-order chi connectivity index (χ1) is 19.7. The number of aromatic nitrogens is 2. The van der Waals surface area contributed by atoms with Gasteiger partial charge in [-0.25, -0.2) is 9.78 Å². The molecule has 1 fully saturated rings. The van der Waals surface area contributed by atoms with E-state index in [1.54, 1.807) is 30.5 Å². The van der Waals surface area contributed by atoms with Crippen LogP contribution < -0.4 is 10.2 Å². The second-order valence-electron chi connectivity index (χ2n) is 10.3. The highest BCUT2D eigenvalue weighted by Gasteiger charge is 2.30. The van der Waals surface area contributed by atoms with E-state index in [0.29, 0.717) is 23.4 Å². The van der Waals surface area contributed by atoms with Gasteiger partial charge in [0.15, 0.2) is 0 Å². The van der Waals surface area contributed by atoms with Crippen molar-refractivity contribution < 1.29 is 23.1 Å². The number of thiophene rings is 1. The average molecular weight is 581 g/mol. The first-order valence-corrected chi connectivity index (χ1v) is 14.5. The van der Waals surface area contributed by atoms with Gasteiger partial charge in [0.25, 0.3) is 0 Å². The van der Waals surface area contributed by atoms with Crippen molar-refractivity contribution in [2.45, 2.75) is 56.8 Å². The van der Waals surface area contributed by atoms with E-state index in [-0.39, 0.29) is 6.42 Å². The molecule has 1 saturated carbocycles. The quantitative estimate of drug-likeness (QED) is 0.211. The molecule has 1 aliphatic rings. The van der Waals surface area contributed by atoms with Crippen molar-refractivity contribution in [3.8, 4) is 21.6 Å². The monoisotopic (exact) mass is 580 g/mol. The number of halogens is 3. The number of nitrogens with zero attached hydrogens (tertiary/aromatic N) is 3. The highest BCUT2D eigenvalue weighted by atomic mass is 32.1. The molecule has 0 spiro atoms. The summed E-state index contributed by atoms with van der Waals surface area (Å²) in [6.07, 6.45) is 3.29. The molecule has 2 aromatic carbocycles. The summed E-state index contributed by atoms with van der Waals surface area (Å²) in [5.41, 5.74) is 2.20. The predicted molar refractivity (Wildman–Crippen MR) is 156 cm³/mol. The molecular formula is C31H31F3N4O2S. The zero-order valence-electron chi connectivity index (χ0n) is 22.6. The fraction of sp³-hybridized carbons (Fsp3) is 0.323.